The zero-order valence-corrected chi connectivity index (χ0v) is 8.45. The number of aliphatic hydroxyl groups is 1. The fourth-order valence-electron chi connectivity index (χ4n) is 1.81. The van der Waals surface area contributed by atoms with Crippen molar-refractivity contribution in [3.63, 3.8) is 0 Å². The molecule has 2 heteroatoms. The topological polar surface area (TPSA) is 33.4 Å². The standard InChI is InChI=1S/C12H14O2/c1-3-10(13)12-8(2)14-11-7-5-4-6-9(11)12/h4-7,10,13H,3H2,1-2H3. The van der Waals surface area contributed by atoms with Gasteiger partial charge in [-0.1, -0.05) is 25.1 Å². The second-order valence-electron chi connectivity index (χ2n) is 3.49. The van der Waals surface area contributed by atoms with Crippen LogP contribution in [-0.2, 0) is 0 Å². The van der Waals surface area contributed by atoms with Crippen molar-refractivity contribution in [1.29, 1.82) is 0 Å². The van der Waals surface area contributed by atoms with Gasteiger partial charge in [-0.25, -0.2) is 0 Å². The molecule has 1 heterocycles. The normalized spacial score (nSPS) is 13.4. The van der Waals surface area contributed by atoms with E-state index in [-0.39, 0.29) is 0 Å². The fraction of sp³-hybridized carbons (Fsp3) is 0.333. The molecule has 2 nitrogen and oxygen atoms in total. The van der Waals surface area contributed by atoms with Crippen LogP contribution < -0.4 is 0 Å². The minimum Gasteiger partial charge on any atom is -0.461 e. The number of benzene rings is 1. The van der Waals surface area contributed by atoms with Crippen LogP contribution >= 0.6 is 0 Å². The molecular weight excluding hydrogens is 176 g/mol. The summed E-state index contributed by atoms with van der Waals surface area (Å²) in [4.78, 5) is 0. The Hall–Kier alpha value is -1.28. The fourth-order valence-corrected chi connectivity index (χ4v) is 1.81. The maximum Gasteiger partial charge on any atom is 0.134 e. The van der Waals surface area contributed by atoms with E-state index in [4.69, 9.17) is 4.42 Å². The second-order valence-corrected chi connectivity index (χ2v) is 3.49. The molecule has 0 fully saturated rings. The van der Waals surface area contributed by atoms with Gasteiger partial charge < -0.3 is 9.52 Å². The summed E-state index contributed by atoms with van der Waals surface area (Å²) in [5, 5.41) is 10.9. The number of aliphatic hydroxyl groups excluding tert-OH is 1. The highest BCUT2D eigenvalue weighted by Crippen LogP contribution is 2.31. The molecule has 2 aromatic rings. The van der Waals surface area contributed by atoms with E-state index in [1.165, 1.54) is 0 Å². The zero-order chi connectivity index (χ0) is 10.1. The molecule has 1 unspecified atom stereocenters. The number of para-hydroxylation sites is 1. The quantitative estimate of drug-likeness (QED) is 0.789. The van der Waals surface area contributed by atoms with E-state index in [2.05, 4.69) is 0 Å². The van der Waals surface area contributed by atoms with Gasteiger partial charge in [0.05, 0.1) is 6.10 Å². The molecule has 1 N–H and O–H groups in total. The number of rotatable bonds is 2. The molecule has 0 spiro atoms. The van der Waals surface area contributed by atoms with Crippen LogP contribution in [-0.4, -0.2) is 5.11 Å². The third kappa shape index (κ3) is 1.32. The van der Waals surface area contributed by atoms with Gasteiger partial charge in [-0.3, -0.25) is 0 Å². The van der Waals surface area contributed by atoms with Gasteiger partial charge >= 0.3 is 0 Å². The summed E-state index contributed by atoms with van der Waals surface area (Å²) in [5.41, 5.74) is 1.79. The Morgan fingerprint density at radius 3 is 2.79 bits per heavy atom. The molecule has 0 saturated carbocycles. The molecule has 0 aliphatic carbocycles. The Morgan fingerprint density at radius 2 is 2.07 bits per heavy atom. The van der Waals surface area contributed by atoms with Gasteiger partial charge in [0.15, 0.2) is 0 Å². The van der Waals surface area contributed by atoms with Gasteiger partial charge in [-0.15, -0.1) is 0 Å². The van der Waals surface area contributed by atoms with Crippen LogP contribution in [0.3, 0.4) is 0 Å². The van der Waals surface area contributed by atoms with E-state index in [0.717, 1.165) is 22.3 Å². The molecule has 1 atom stereocenters. The first-order valence-corrected chi connectivity index (χ1v) is 4.90. The molecule has 14 heavy (non-hydrogen) atoms. The maximum absolute atomic E-state index is 9.84. The van der Waals surface area contributed by atoms with Gasteiger partial charge in [0.25, 0.3) is 0 Å². The molecule has 1 aromatic heterocycles. The molecule has 0 radical (unpaired) electrons. The maximum atomic E-state index is 9.84. The zero-order valence-electron chi connectivity index (χ0n) is 8.45. The number of fused-ring (bicyclic) bond motifs is 1. The van der Waals surface area contributed by atoms with Crippen LogP contribution in [0.5, 0.6) is 0 Å². The van der Waals surface area contributed by atoms with E-state index in [1.807, 2.05) is 38.1 Å². The van der Waals surface area contributed by atoms with Crippen molar-refractivity contribution in [2.75, 3.05) is 0 Å². The molecule has 0 aliphatic rings. The van der Waals surface area contributed by atoms with Crippen LogP contribution in [0, 0.1) is 6.92 Å². The Balaban J connectivity index is 2.67. The lowest BCUT2D eigenvalue weighted by Crippen LogP contribution is -1.95. The van der Waals surface area contributed by atoms with Crippen molar-refractivity contribution in [2.45, 2.75) is 26.4 Å². The van der Waals surface area contributed by atoms with Crippen molar-refractivity contribution < 1.29 is 9.52 Å². The Morgan fingerprint density at radius 1 is 1.36 bits per heavy atom. The van der Waals surface area contributed by atoms with Gasteiger partial charge in [0.2, 0.25) is 0 Å². The van der Waals surface area contributed by atoms with Crippen LogP contribution in [0.2, 0.25) is 0 Å². The first-order chi connectivity index (χ1) is 6.74. The second kappa shape index (κ2) is 3.46. The van der Waals surface area contributed by atoms with Crippen molar-refractivity contribution in [1.82, 2.24) is 0 Å². The lowest BCUT2D eigenvalue weighted by atomic mass is 10.0. The highest BCUT2D eigenvalue weighted by atomic mass is 16.3. The lowest BCUT2D eigenvalue weighted by molar-refractivity contribution is 0.173. The minimum absolute atomic E-state index is 0.418. The summed E-state index contributed by atoms with van der Waals surface area (Å²) in [5.74, 6) is 0.820. The third-order valence-electron chi connectivity index (χ3n) is 2.54. The SMILES string of the molecule is CCC(O)c1c(C)oc2ccccc12. The summed E-state index contributed by atoms with van der Waals surface area (Å²) in [6.45, 7) is 3.86. The third-order valence-corrected chi connectivity index (χ3v) is 2.54. The predicted molar refractivity (Wildman–Crippen MR) is 56.2 cm³/mol. The first kappa shape index (κ1) is 9.28. The average molecular weight is 190 g/mol. The van der Waals surface area contributed by atoms with Crippen LogP contribution in [0.15, 0.2) is 28.7 Å². The van der Waals surface area contributed by atoms with Crippen molar-refractivity contribution in [3.05, 3.63) is 35.6 Å². The van der Waals surface area contributed by atoms with Gasteiger partial charge in [-0.05, 0) is 19.4 Å². The van der Waals surface area contributed by atoms with E-state index < -0.39 is 6.10 Å². The van der Waals surface area contributed by atoms with Crippen LogP contribution in [0.25, 0.3) is 11.0 Å². The Bertz CT molecular complexity index is 443. The van der Waals surface area contributed by atoms with Crippen molar-refractivity contribution >= 4 is 11.0 Å². The molecule has 0 saturated heterocycles. The molecule has 74 valence electrons. The average Bonchev–Trinajstić information content (AvgIpc) is 2.53. The predicted octanol–water partition coefficient (Wildman–Crippen LogP) is 3.18. The molecule has 1 aromatic carbocycles. The summed E-state index contributed by atoms with van der Waals surface area (Å²) in [6, 6.07) is 7.81. The van der Waals surface area contributed by atoms with Crippen molar-refractivity contribution in [3.8, 4) is 0 Å². The number of furan rings is 1. The van der Waals surface area contributed by atoms with Gasteiger partial charge in [-0.2, -0.15) is 0 Å². The molecule has 0 bridgehead atoms. The van der Waals surface area contributed by atoms with Gasteiger partial charge in [0, 0.05) is 10.9 Å². The molecule has 2 rings (SSSR count). The first-order valence-electron chi connectivity index (χ1n) is 4.90. The van der Waals surface area contributed by atoms with Crippen molar-refractivity contribution in [2.24, 2.45) is 0 Å². The molecule has 0 amide bonds. The number of hydrogen-bond acceptors (Lipinski definition) is 2. The largest absolute Gasteiger partial charge is 0.461 e. The minimum atomic E-state index is -0.418. The van der Waals surface area contributed by atoms with Gasteiger partial charge in [0.1, 0.15) is 11.3 Å². The Labute approximate surface area is 83.2 Å². The van der Waals surface area contributed by atoms with E-state index >= 15 is 0 Å². The molecular formula is C12H14O2. The summed E-state index contributed by atoms with van der Waals surface area (Å²) < 4.78 is 5.56. The number of aryl methyl sites for hydroxylation is 1. The van der Waals surface area contributed by atoms with Crippen LogP contribution in [0.1, 0.15) is 30.8 Å². The smallest absolute Gasteiger partial charge is 0.134 e. The highest BCUT2D eigenvalue weighted by Gasteiger charge is 2.16. The summed E-state index contributed by atoms with van der Waals surface area (Å²) in [7, 11) is 0. The molecule has 0 aliphatic heterocycles. The summed E-state index contributed by atoms with van der Waals surface area (Å²) >= 11 is 0. The van der Waals surface area contributed by atoms with E-state index in [0.29, 0.717) is 6.42 Å². The lowest BCUT2D eigenvalue weighted by Gasteiger charge is -2.06. The van der Waals surface area contributed by atoms with E-state index in [9.17, 15) is 5.11 Å². The summed E-state index contributed by atoms with van der Waals surface area (Å²) in [6.07, 6.45) is 0.295. The van der Waals surface area contributed by atoms with E-state index in [1.54, 1.807) is 0 Å². The highest BCUT2D eigenvalue weighted by molar-refractivity contribution is 5.82. The Kier molecular flexibility index (Phi) is 2.30. The number of hydrogen-bond donors (Lipinski definition) is 1. The van der Waals surface area contributed by atoms with Crippen LogP contribution in [0.4, 0.5) is 0 Å². The monoisotopic (exact) mass is 190 g/mol.